The van der Waals surface area contributed by atoms with E-state index < -0.39 is 17.7 Å². The molecule has 162 valence electrons. The predicted octanol–water partition coefficient (Wildman–Crippen LogP) is 5.51. The molecule has 33 heavy (non-hydrogen) atoms. The van der Waals surface area contributed by atoms with Crippen molar-refractivity contribution in [2.45, 2.75) is 12.6 Å². The monoisotopic (exact) mass is 454 g/mol. The van der Waals surface area contributed by atoms with Crippen molar-refractivity contribution in [1.82, 2.24) is 9.88 Å². The SMILES string of the molecule is O=C1C(=O)N(Cc2cccnc2)C(c2ccc(Cl)cc2)/C1=C(/O)c1ccc2ccccc2c1. The standard InChI is InChI=1S/C27H19ClN2O3/c28-22-11-9-19(10-12-22)24-23(25(31)21-8-7-18-5-1-2-6-20(18)14-21)26(32)27(33)30(24)16-17-4-3-13-29-15-17/h1-15,24,31H,16H2/b25-23-. The minimum absolute atomic E-state index is 0.0569. The maximum Gasteiger partial charge on any atom is 0.295 e. The van der Waals surface area contributed by atoms with Gasteiger partial charge in [0, 0.05) is 29.5 Å². The smallest absolute Gasteiger partial charge is 0.295 e. The minimum atomic E-state index is -0.756. The summed E-state index contributed by atoms with van der Waals surface area (Å²) in [7, 11) is 0. The molecule has 1 unspecified atom stereocenters. The molecule has 1 aliphatic rings. The highest BCUT2D eigenvalue weighted by atomic mass is 35.5. The van der Waals surface area contributed by atoms with E-state index >= 15 is 0 Å². The van der Waals surface area contributed by atoms with Gasteiger partial charge in [0.1, 0.15) is 5.76 Å². The Bertz CT molecular complexity index is 1400. The number of nitrogens with zero attached hydrogens (tertiary/aromatic N) is 2. The number of carbonyl (C=O) groups excluding carboxylic acids is 2. The zero-order valence-corrected chi connectivity index (χ0v) is 18.2. The Morgan fingerprint density at radius 3 is 2.42 bits per heavy atom. The maximum absolute atomic E-state index is 13.2. The summed E-state index contributed by atoms with van der Waals surface area (Å²) in [6.07, 6.45) is 3.30. The third-order valence-electron chi connectivity index (χ3n) is 5.82. The molecule has 1 aromatic heterocycles. The molecule has 1 aliphatic heterocycles. The summed E-state index contributed by atoms with van der Waals surface area (Å²) < 4.78 is 0. The second-order valence-electron chi connectivity index (χ2n) is 7.90. The second-order valence-corrected chi connectivity index (χ2v) is 8.34. The predicted molar refractivity (Wildman–Crippen MR) is 127 cm³/mol. The van der Waals surface area contributed by atoms with Crippen LogP contribution >= 0.6 is 11.6 Å². The van der Waals surface area contributed by atoms with Gasteiger partial charge < -0.3 is 10.0 Å². The van der Waals surface area contributed by atoms with E-state index in [4.69, 9.17) is 11.6 Å². The van der Waals surface area contributed by atoms with Crippen LogP contribution in [0.25, 0.3) is 16.5 Å². The highest BCUT2D eigenvalue weighted by molar-refractivity contribution is 6.46. The molecule has 0 aliphatic carbocycles. The van der Waals surface area contributed by atoms with Gasteiger partial charge in [-0.3, -0.25) is 14.6 Å². The number of aromatic nitrogens is 1. The zero-order chi connectivity index (χ0) is 22.9. The number of amides is 1. The van der Waals surface area contributed by atoms with Crippen LogP contribution in [0.4, 0.5) is 0 Å². The van der Waals surface area contributed by atoms with Crippen molar-refractivity contribution in [2.75, 3.05) is 0 Å². The number of hydrogen-bond donors (Lipinski definition) is 1. The summed E-state index contributed by atoms with van der Waals surface area (Å²) in [5, 5.41) is 13.8. The normalized spacial score (nSPS) is 17.6. The van der Waals surface area contributed by atoms with Gasteiger partial charge in [0.15, 0.2) is 0 Å². The van der Waals surface area contributed by atoms with E-state index in [9.17, 15) is 14.7 Å². The maximum atomic E-state index is 13.2. The first-order chi connectivity index (χ1) is 16.0. The van der Waals surface area contributed by atoms with E-state index in [0.717, 1.165) is 16.3 Å². The number of Topliss-reactive ketones (excluding diaryl/α,β-unsaturated/α-hetero) is 1. The van der Waals surface area contributed by atoms with E-state index in [1.165, 1.54) is 4.90 Å². The van der Waals surface area contributed by atoms with E-state index in [1.54, 1.807) is 48.8 Å². The van der Waals surface area contributed by atoms with Gasteiger partial charge in [0.2, 0.25) is 0 Å². The Kier molecular flexibility index (Phi) is 5.40. The number of fused-ring (bicyclic) bond motifs is 1. The van der Waals surface area contributed by atoms with Gasteiger partial charge >= 0.3 is 0 Å². The summed E-state index contributed by atoms with van der Waals surface area (Å²) in [6.45, 7) is 0.181. The van der Waals surface area contributed by atoms with Gasteiger partial charge in [-0.2, -0.15) is 0 Å². The van der Waals surface area contributed by atoms with E-state index in [0.29, 0.717) is 16.1 Å². The van der Waals surface area contributed by atoms with Crippen LogP contribution in [0.15, 0.2) is 96.8 Å². The molecule has 1 atom stereocenters. The number of halogens is 1. The summed E-state index contributed by atoms with van der Waals surface area (Å²) in [6, 6.07) is 23.0. The minimum Gasteiger partial charge on any atom is -0.507 e. The van der Waals surface area contributed by atoms with Crippen molar-refractivity contribution in [2.24, 2.45) is 0 Å². The lowest BCUT2D eigenvalue weighted by Crippen LogP contribution is -2.29. The molecule has 4 aromatic rings. The van der Waals surface area contributed by atoms with Crippen molar-refractivity contribution < 1.29 is 14.7 Å². The summed E-state index contributed by atoms with van der Waals surface area (Å²) in [5.41, 5.74) is 2.00. The van der Waals surface area contributed by atoms with Crippen LogP contribution in [0.2, 0.25) is 5.02 Å². The van der Waals surface area contributed by atoms with E-state index in [-0.39, 0.29) is 17.9 Å². The first kappa shape index (κ1) is 20.9. The second kappa shape index (κ2) is 8.52. The fourth-order valence-electron chi connectivity index (χ4n) is 4.22. The highest BCUT2D eigenvalue weighted by Crippen LogP contribution is 2.40. The van der Waals surface area contributed by atoms with Crippen molar-refractivity contribution >= 4 is 39.8 Å². The molecule has 3 aromatic carbocycles. The Hall–Kier alpha value is -3.96. The quantitative estimate of drug-likeness (QED) is 0.251. The number of ketones is 1. The van der Waals surface area contributed by atoms with Crippen molar-refractivity contribution in [3.05, 3.63) is 119 Å². The molecular weight excluding hydrogens is 436 g/mol. The number of benzene rings is 3. The molecule has 0 radical (unpaired) electrons. The van der Waals surface area contributed by atoms with Crippen molar-refractivity contribution in [3.8, 4) is 0 Å². The van der Waals surface area contributed by atoms with Crippen LogP contribution in [0, 0.1) is 0 Å². The molecule has 5 rings (SSSR count). The molecule has 0 saturated carbocycles. The molecule has 2 heterocycles. The average molecular weight is 455 g/mol. The number of aliphatic hydroxyl groups excluding tert-OH is 1. The fraction of sp³-hybridized carbons (Fsp3) is 0.0741. The average Bonchev–Trinajstić information content (AvgIpc) is 3.09. The van der Waals surface area contributed by atoms with Crippen LogP contribution in [0.3, 0.4) is 0 Å². The third-order valence-corrected chi connectivity index (χ3v) is 6.08. The number of aliphatic hydroxyl groups is 1. The number of pyridine rings is 1. The molecular formula is C27H19ClN2O3. The van der Waals surface area contributed by atoms with Crippen LogP contribution in [0.5, 0.6) is 0 Å². The number of carbonyl (C=O) groups is 2. The molecule has 5 nitrogen and oxygen atoms in total. The first-order valence-corrected chi connectivity index (χ1v) is 10.8. The van der Waals surface area contributed by atoms with Gasteiger partial charge in [-0.1, -0.05) is 66.2 Å². The highest BCUT2D eigenvalue weighted by Gasteiger charge is 2.46. The van der Waals surface area contributed by atoms with Crippen LogP contribution in [-0.4, -0.2) is 26.7 Å². The van der Waals surface area contributed by atoms with Crippen LogP contribution in [-0.2, 0) is 16.1 Å². The van der Waals surface area contributed by atoms with Crippen molar-refractivity contribution in [3.63, 3.8) is 0 Å². The fourth-order valence-corrected chi connectivity index (χ4v) is 4.34. The number of hydrogen-bond acceptors (Lipinski definition) is 4. The molecule has 0 spiro atoms. The molecule has 1 saturated heterocycles. The molecule has 1 amide bonds. The first-order valence-electron chi connectivity index (χ1n) is 10.4. The van der Waals surface area contributed by atoms with Crippen LogP contribution < -0.4 is 0 Å². The Morgan fingerprint density at radius 2 is 1.70 bits per heavy atom. The number of likely N-dealkylation sites (tertiary alicyclic amines) is 1. The Balaban J connectivity index is 1.66. The topological polar surface area (TPSA) is 70.5 Å². The van der Waals surface area contributed by atoms with E-state index in [2.05, 4.69) is 4.98 Å². The Labute approximate surface area is 195 Å². The Morgan fingerprint density at radius 1 is 0.939 bits per heavy atom. The van der Waals surface area contributed by atoms with E-state index in [1.807, 2.05) is 42.5 Å². The van der Waals surface area contributed by atoms with Gasteiger partial charge in [0.25, 0.3) is 11.7 Å². The largest absolute Gasteiger partial charge is 0.507 e. The van der Waals surface area contributed by atoms with Gasteiger partial charge in [-0.05, 0) is 46.2 Å². The molecule has 1 fully saturated rings. The lowest BCUT2D eigenvalue weighted by molar-refractivity contribution is -0.140. The van der Waals surface area contributed by atoms with Gasteiger partial charge in [-0.25, -0.2) is 0 Å². The molecule has 0 bridgehead atoms. The summed E-state index contributed by atoms with van der Waals surface area (Å²) >= 11 is 6.08. The molecule has 6 heteroatoms. The summed E-state index contributed by atoms with van der Waals surface area (Å²) in [4.78, 5) is 31.9. The lowest BCUT2D eigenvalue weighted by atomic mass is 9.94. The van der Waals surface area contributed by atoms with Crippen LogP contribution in [0.1, 0.15) is 22.7 Å². The van der Waals surface area contributed by atoms with Gasteiger partial charge in [0.05, 0.1) is 11.6 Å². The summed E-state index contributed by atoms with van der Waals surface area (Å²) in [5.74, 6) is -1.58. The lowest BCUT2D eigenvalue weighted by Gasteiger charge is -2.25. The molecule has 1 N–H and O–H groups in total. The third kappa shape index (κ3) is 3.88. The van der Waals surface area contributed by atoms with Crippen molar-refractivity contribution in [1.29, 1.82) is 0 Å². The van der Waals surface area contributed by atoms with Gasteiger partial charge in [-0.15, -0.1) is 0 Å². The number of rotatable bonds is 4. The zero-order valence-electron chi connectivity index (χ0n) is 17.5.